The molecule has 1 N–H and O–H groups in total. The Kier molecular flexibility index (Phi) is 4.76. The van der Waals surface area contributed by atoms with Gasteiger partial charge in [-0.1, -0.05) is 47.0 Å². The van der Waals surface area contributed by atoms with Crippen LogP contribution in [0.25, 0.3) is 6.08 Å². The summed E-state index contributed by atoms with van der Waals surface area (Å²) in [4.78, 5) is 0. The highest BCUT2D eigenvalue weighted by Crippen LogP contribution is 2.30. The fourth-order valence-electron chi connectivity index (χ4n) is 0.982. The molecule has 0 heterocycles. The van der Waals surface area contributed by atoms with Crippen LogP contribution in [-0.2, 0) is 0 Å². The van der Waals surface area contributed by atoms with Crippen LogP contribution in [0.15, 0.2) is 18.2 Å². The first kappa shape index (κ1) is 11.9. The van der Waals surface area contributed by atoms with E-state index in [0.29, 0.717) is 21.5 Å². The summed E-state index contributed by atoms with van der Waals surface area (Å²) in [6.07, 6.45) is 4.19. The summed E-state index contributed by atoms with van der Waals surface area (Å²) in [5.74, 6) is 0. The molecule has 1 rings (SSSR count). The lowest BCUT2D eigenvalue weighted by Gasteiger charge is -2.01. The lowest BCUT2D eigenvalue weighted by molar-refractivity contribution is 0.303. The van der Waals surface area contributed by atoms with Crippen molar-refractivity contribution >= 4 is 40.9 Å². The van der Waals surface area contributed by atoms with Gasteiger partial charge in [0, 0.05) is 11.6 Å². The quantitative estimate of drug-likeness (QED) is 0.804. The largest absolute Gasteiger partial charge is 0.396 e. The van der Waals surface area contributed by atoms with Crippen molar-refractivity contribution in [2.75, 3.05) is 6.61 Å². The smallest absolute Gasteiger partial charge is 0.0665 e. The van der Waals surface area contributed by atoms with Gasteiger partial charge in [0.2, 0.25) is 0 Å². The fraction of sp³-hybridized carbons (Fsp3) is 0.200. The molecule has 0 aromatic heterocycles. The molecule has 1 nitrogen and oxygen atoms in total. The van der Waals surface area contributed by atoms with Crippen molar-refractivity contribution in [1.29, 1.82) is 0 Å². The third-order valence-corrected chi connectivity index (χ3v) is 2.65. The van der Waals surface area contributed by atoms with Gasteiger partial charge in [0.05, 0.1) is 10.0 Å². The van der Waals surface area contributed by atoms with Gasteiger partial charge in [-0.15, -0.1) is 0 Å². The maximum atomic E-state index is 8.59. The molecule has 0 radical (unpaired) electrons. The van der Waals surface area contributed by atoms with E-state index in [2.05, 4.69) is 0 Å². The molecule has 0 saturated carbocycles. The van der Waals surface area contributed by atoms with Crippen LogP contribution in [0.1, 0.15) is 12.0 Å². The maximum absolute atomic E-state index is 8.59. The molecule has 0 fully saturated rings. The second kappa shape index (κ2) is 5.62. The molecule has 0 bridgehead atoms. The van der Waals surface area contributed by atoms with Crippen molar-refractivity contribution in [3.05, 3.63) is 38.8 Å². The van der Waals surface area contributed by atoms with Gasteiger partial charge < -0.3 is 5.11 Å². The lowest BCUT2D eigenvalue weighted by atomic mass is 10.2. The molecule has 0 amide bonds. The molecule has 0 spiro atoms. The van der Waals surface area contributed by atoms with E-state index in [1.54, 1.807) is 18.2 Å². The van der Waals surface area contributed by atoms with Crippen LogP contribution in [0.2, 0.25) is 15.1 Å². The Bertz CT molecular complexity index is 347. The first-order chi connectivity index (χ1) is 6.65. The van der Waals surface area contributed by atoms with E-state index in [1.807, 2.05) is 6.08 Å². The third-order valence-electron chi connectivity index (χ3n) is 1.61. The standard InChI is InChI=1S/C10H9Cl3O/c11-8-5-7(3-1-2-4-14)10(13)9(12)6-8/h1,3,5-6,14H,2,4H2. The fourth-order valence-corrected chi connectivity index (χ4v) is 1.66. The summed E-state index contributed by atoms with van der Waals surface area (Å²) in [5.41, 5.74) is 0.762. The van der Waals surface area contributed by atoms with Crippen LogP contribution < -0.4 is 0 Å². The van der Waals surface area contributed by atoms with Crippen LogP contribution in [0.3, 0.4) is 0 Å². The minimum Gasteiger partial charge on any atom is -0.396 e. The van der Waals surface area contributed by atoms with Crippen LogP contribution in [-0.4, -0.2) is 11.7 Å². The number of rotatable bonds is 3. The molecular weight excluding hydrogens is 242 g/mol. The van der Waals surface area contributed by atoms with Crippen molar-refractivity contribution in [1.82, 2.24) is 0 Å². The van der Waals surface area contributed by atoms with Gasteiger partial charge in [-0.25, -0.2) is 0 Å². The van der Waals surface area contributed by atoms with Gasteiger partial charge in [-0.05, 0) is 24.1 Å². The molecule has 0 aliphatic rings. The van der Waals surface area contributed by atoms with Crippen LogP contribution >= 0.6 is 34.8 Å². The minimum atomic E-state index is 0.114. The summed E-state index contributed by atoms with van der Waals surface area (Å²) in [6, 6.07) is 3.32. The first-order valence-corrected chi connectivity index (χ1v) is 5.20. The Balaban J connectivity index is 2.96. The van der Waals surface area contributed by atoms with E-state index in [9.17, 15) is 0 Å². The number of aliphatic hydroxyl groups is 1. The first-order valence-electron chi connectivity index (χ1n) is 4.07. The van der Waals surface area contributed by atoms with Gasteiger partial charge in [-0.2, -0.15) is 0 Å². The van der Waals surface area contributed by atoms with E-state index in [-0.39, 0.29) is 6.61 Å². The number of hydrogen-bond acceptors (Lipinski definition) is 1. The van der Waals surface area contributed by atoms with Crippen molar-refractivity contribution < 1.29 is 5.11 Å². The van der Waals surface area contributed by atoms with Gasteiger partial charge in [-0.3, -0.25) is 0 Å². The molecule has 0 aliphatic heterocycles. The summed E-state index contributed by atoms with van der Waals surface area (Å²) < 4.78 is 0. The molecule has 1 aromatic rings. The van der Waals surface area contributed by atoms with Gasteiger partial charge in [0.25, 0.3) is 0 Å². The Morgan fingerprint density at radius 1 is 1.21 bits per heavy atom. The zero-order valence-corrected chi connectivity index (χ0v) is 9.57. The predicted octanol–water partition coefficient (Wildman–Crippen LogP) is 4.04. The van der Waals surface area contributed by atoms with Gasteiger partial charge >= 0.3 is 0 Å². The highest BCUT2D eigenvalue weighted by molar-refractivity contribution is 6.44. The van der Waals surface area contributed by atoms with Crippen LogP contribution in [0.5, 0.6) is 0 Å². The Morgan fingerprint density at radius 3 is 2.57 bits per heavy atom. The van der Waals surface area contributed by atoms with E-state index >= 15 is 0 Å². The normalized spacial score (nSPS) is 11.1. The topological polar surface area (TPSA) is 20.2 Å². The van der Waals surface area contributed by atoms with E-state index in [1.165, 1.54) is 0 Å². The predicted molar refractivity (Wildman–Crippen MR) is 62.2 cm³/mol. The van der Waals surface area contributed by atoms with E-state index in [0.717, 1.165) is 5.56 Å². The molecule has 0 saturated heterocycles. The molecule has 1 aromatic carbocycles. The number of halogens is 3. The van der Waals surface area contributed by atoms with Crippen LogP contribution in [0.4, 0.5) is 0 Å². The monoisotopic (exact) mass is 250 g/mol. The molecule has 0 unspecified atom stereocenters. The second-order valence-corrected chi connectivity index (χ2v) is 3.93. The highest BCUT2D eigenvalue weighted by atomic mass is 35.5. The summed E-state index contributed by atoms with van der Waals surface area (Å²) in [6.45, 7) is 0.114. The number of hydrogen-bond donors (Lipinski definition) is 1. The Labute approximate surface area is 97.9 Å². The van der Waals surface area contributed by atoms with Crippen molar-refractivity contribution in [3.63, 3.8) is 0 Å². The summed E-state index contributed by atoms with van der Waals surface area (Å²) in [5, 5.41) is 10.0. The molecule has 0 aliphatic carbocycles. The van der Waals surface area contributed by atoms with E-state index < -0.39 is 0 Å². The average Bonchev–Trinajstić information content (AvgIpc) is 2.13. The van der Waals surface area contributed by atoms with Crippen LogP contribution in [0, 0.1) is 0 Å². The van der Waals surface area contributed by atoms with E-state index in [4.69, 9.17) is 39.9 Å². The zero-order chi connectivity index (χ0) is 10.6. The maximum Gasteiger partial charge on any atom is 0.0665 e. The Morgan fingerprint density at radius 2 is 1.93 bits per heavy atom. The zero-order valence-electron chi connectivity index (χ0n) is 7.30. The second-order valence-electron chi connectivity index (χ2n) is 2.71. The van der Waals surface area contributed by atoms with Crippen molar-refractivity contribution in [3.8, 4) is 0 Å². The lowest BCUT2D eigenvalue weighted by Crippen LogP contribution is -1.79. The summed E-state index contributed by atoms with van der Waals surface area (Å²) in [7, 11) is 0. The summed E-state index contributed by atoms with van der Waals surface area (Å²) >= 11 is 17.6. The average molecular weight is 252 g/mol. The molecule has 0 atom stereocenters. The molecule has 76 valence electrons. The van der Waals surface area contributed by atoms with Gasteiger partial charge in [0.15, 0.2) is 0 Å². The SMILES string of the molecule is OCCC=Cc1cc(Cl)cc(Cl)c1Cl. The number of benzene rings is 1. The number of aliphatic hydroxyl groups excluding tert-OH is 1. The molecule has 4 heteroatoms. The minimum absolute atomic E-state index is 0.114. The molecule has 14 heavy (non-hydrogen) atoms. The van der Waals surface area contributed by atoms with Crippen molar-refractivity contribution in [2.45, 2.75) is 6.42 Å². The van der Waals surface area contributed by atoms with Gasteiger partial charge in [0.1, 0.15) is 0 Å². The highest BCUT2D eigenvalue weighted by Gasteiger charge is 2.03. The third kappa shape index (κ3) is 3.18. The molecular formula is C10H9Cl3O. The Hall–Kier alpha value is -0.210. The van der Waals surface area contributed by atoms with Crippen molar-refractivity contribution in [2.24, 2.45) is 0 Å².